The van der Waals surface area contributed by atoms with Gasteiger partial charge < -0.3 is 44.4 Å². The predicted octanol–water partition coefficient (Wildman–Crippen LogP) is -4.89. The van der Waals surface area contributed by atoms with Gasteiger partial charge in [0.25, 0.3) is 0 Å². The maximum Gasteiger partial charge on any atom is 2.00 e. The molecule has 11 heteroatoms. The van der Waals surface area contributed by atoms with Crippen molar-refractivity contribution in [2.45, 2.75) is 24.4 Å². The van der Waals surface area contributed by atoms with Gasteiger partial charge in [-0.3, -0.25) is 0 Å². The molecule has 1 aliphatic heterocycles. The fourth-order valence-corrected chi connectivity index (χ4v) is 1.61. The number of rotatable bonds is 4. The minimum absolute atomic E-state index is 0. The van der Waals surface area contributed by atoms with Crippen LogP contribution in [-0.4, -0.2) is 107 Å². The normalized spacial score (nSPS) is 32.8. The second-order valence-corrected chi connectivity index (χ2v) is 4.27. The molecule has 0 unspecified atom stereocenters. The monoisotopic (exact) mass is 398 g/mol. The summed E-state index contributed by atoms with van der Waals surface area (Å²) in [6.45, 7) is -1.21. The van der Waals surface area contributed by atoms with E-state index in [2.05, 4.69) is 4.52 Å². The zero-order valence-corrected chi connectivity index (χ0v) is 14.1. The Hall–Kier alpha value is 1.48. The smallest absolute Gasteiger partial charge is 0.790 e. The minimum atomic E-state index is -5.13. The number of hydrogen-bond acceptors (Lipinski definition) is 8. The van der Waals surface area contributed by atoms with Crippen LogP contribution in [-0.2, 0) is 13.8 Å². The average Bonchev–Trinajstić information content (AvgIpc) is 2.40. The van der Waals surface area contributed by atoms with E-state index in [0.29, 0.717) is 0 Å². The van der Waals surface area contributed by atoms with Crippen molar-refractivity contribution in [1.82, 2.24) is 0 Å². The van der Waals surface area contributed by atoms with Crippen LogP contribution < -0.4 is 9.79 Å². The van der Waals surface area contributed by atoms with E-state index in [0.717, 1.165) is 0 Å². The molecule has 9 nitrogen and oxygen atoms in total. The molecule has 0 aromatic carbocycles. The van der Waals surface area contributed by atoms with E-state index >= 15 is 0 Å². The molecule has 0 bridgehead atoms. The quantitative estimate of drug-likeness (QED) is 0.312. The molecule has 4 atom stereocenters. The number of aliphatic hydroxyl groups is 3. The van der Waals surface area contributed by atoms with Crippen molar-refractivity contribution in [3.8, 4) is 0 Å². The Morgan fingerprint density at radius 2 is 1.71 bits per heavy atom. The Labute approximate surface area is 137 Å². The number of phosphoric ester groups is 1. The van der Waals surface area contributed by atoms with Gasteiger partial charge in [0.1, 0.15) is 24.4 Å². The van der Waals surface area contributed by atoms with Gasteiger partial charge >= 0.3 is 48.9 Å². The molecule has 1 heterocycles. The summed E-state index contributed by atoms with van der Waals surface area (Å²) in [4.78, 5) is 20.3. The van der Waals surface area contributed by atoms with E-state index in [4.69, 9.17) is 9.84 Å². The molecule has 0 spiro atoms. The van der Waals surface area contributed by atoms with Gasteiger partial charge in [-0.2, -0.15) is 0 Å². The Morgan fingerprint density at radius 1 is 1.24 bits per heavy atom. The summed E-state index contributed by atoms with van der Waals surface area (Å²) in [7, 11) is -5.13. The molecule has 1 aliphatic rings. The van der Waals surface area contributed by atoms with Crippen LogP contribution in [0, 0.1) is 0 Å². The van der Waals surface area contributed by atoms with Gasteiger partial charge in [0.05, 0.1) is 21.0 Å². The summed E-state index contributed by atoms with van der Waals surface area (Å²) in [6, 6.07) is 0. The van der Waals surface area contributed by atoms with Gasteiger partial charge in [-0.25, -0.2) is 0 Å². The van der Waals surface area contributed by atoms with E-state index < -0.39 is 45.5 Å². The zero-order chi connectivity index (χ0) is 11.6. The average molecular weight is 397 g/mol. The third kappa shape index (κ3) is 6.45. The summed E-state index contributed by atoms with van der Waals surface area (Å²) < 4.78 is 18.9. The van der Waals surface area contributed by atoms with Crippen molar-refractivity contribution >= 4 is 56.7 Å². The molecule has 0 saturated carbocycles. The first-order chi connectivity index (χ1) is 6.85. The van der Waals surface area contributed by atoms with E-state index in [9.17, 15) is 24.6 Å². The van der Waals surface area contributed by atoms with Crippen molar-refractivity contribution in [3.63, 3.8) is 0 Å². The Morgan fingerprint density at radius 3 is 2.06 bits per heavy atom. The first-order valence-electron chi connectivity index (χ1n) is 4.14. The summed E-state index contributed by atoms with van der Waals surface area (Å²) >= 11 is 0. The van der Waals surface area contributed by atoms with E-state index in [1.807, 2.05) is 0 Å². The molecule has 0 aromatic heterocycles. The largest absolute Gasteiger partial charge is 2.00 e. The van der Waals surface area contributed by atoms with Crippen LogP contribution in [0.15, 0.2) is 0 Å². The van der Waals surface area contributed by atoms with E-state index in [1.165, 1.54) is 0 Å². The zero-order valence-electron chi connectivity index (χ0n) is 8.76. The maximum absolute atomic E-state index is 10.1. The van der Waals surface area contributed by atoms with Crippen LogP contribution >= 0.6 is 7.82 Å². The number of hydrogen-bond donors (Lipinski definition) is 3. The van der Waals surface area contributed by atoms with Gasteiger partial charge in [0.2, 0.25) is 0 Å². The van der Waals surface area contributed by atoms with Gasteiger partial charge in [-0.1, -0.05) is 0 Å². The first kappa shape index (κ1) is 20.8. The molecular weight excluding hydrogens is 384 g/mol. The van der Waals surface area contributed by atoms with Crippen molar-refractivity contribution in [3.05, 3.63) is 0 Å². The molecule has 0 aromatic rings. The van der Waals surface area contributed by atoms with Crippen LogP contribution in [0.1, 0.15) is 0 Å². The molecular formula is C6H13BaO9P. The fraction of sp³-hybridized carbons (Fsp3) is 1.00. The van der Waals surface area contributed by atoms with Crippen LogP contribution in [0.4, 0.5) is 0 Å². The number of phosphoric acid groups is 1. The van der Waals surface area contributed by atoms with Gasteiger partial charge in [0, 0.05) is 0 Å². The second kappa shape index (κ2) is 8.61. The van der Waals surface area contributed by atoms with Crippen LogP contribution in [0.3, 0.4) is 0 Å². The van der Waals surface area contributed by atoms with Gasteiger partial charge in [0.15, 0.2) is 0 Å². The SMILES string of the molecule is O.O=P([O-])([O-])OC[C@H]1O[C@H](CO)[C@@H](O)[C@@H]1O.[Ba+2]. The van der Waals surface area contributed by atoms with Crippen LogP contribution in [0.5, 0.6) is 0 Å². The van der Waals surface area contributed by atoms with Crippen molar-refractivity contribution < 1.29 is 44.4 Å². The third-order valence-corrected chi connectivity index (χ3v) is 2.50. The first-order valence-corrected chi connectivity index (χ1v) is 5.60. The van der Waals surface area contributed by atoms with Crippen LogP contribution in [0.25, 0.3) is 0 Å². The third-order valence-electron chi connectivity index (χ3n) is 2.04. The Balaban J connectivity index is 0. The van der Waals surface area contributed by atoms with Crippen molar-refractivity contribution in [2.75, 3.05) is 13.2 Å². The fourth-order valence-electron chi connectivity index (χ4n) is 1.28. The molecule has 5 N–H and O–H groups in total. The Kier molecular flexibility index (Phi) is 10.5. The molecule has 17 heavy (non-hydrogen) atoms. The molecule has 0 aliphatic carbocycles. The molecule has 1 saturated heterocycles. The molecule has 0 amide bonds. The topological polar surface area (TPSA) is 174 Å². The van der Waals surface area contributed by atoms with E-state index in [1.54, 1.807) is 0 Å². The number of aliphatic hydroxyl groups excluding tert-OH is 3. The van der Waals surface area contributed by atoms with Gasteiger partial charge in [-0.15, -0.1) is 0 Å². The second-order valence-electron chi connectivity index (χ2n) is 3.12. The molecule has 1 fully saturated rings. The standard InChI is InChI=1S/C6H13O8P.Ba.H2O/c7-1-3-5(8)6(9)4(14-3)2-13-15(10,11)12;;/h3-9H,1-2H2,(H2,10,11,12);;1H2/q;+2;/p-2/t3-,4-,5-,6-;;/m1../s1. The summed E-state index contributed by atoms with van der Waals surface area (Å²) in [6.07, 6.45) is -4.88. The molecule has 0 radical (unpaired) electrons. The predicted molar refractivity (Wildman–Crippen MR) is 50.7 cm³/mol. The van der Waals surface area contributed by atoms with Crippen molar-refractivity contribution in [2.24, 2.45) is 0 Å². The van der Waals surface area contributed by atoms with Crippen LogP contribution in [0.2, 0.25) is 0 Å². The molecule has 1 rings (SSSR count). The van der Waals surface area contributed by atoms with Gasteiger partial charge in [-0.05, 0) is 0 Å². The maximum atomic E-state index is 10.1. The number of ether oxygens (including phenoxy) is 1. The van der Waals surface area contributed by atoms with Crippen molar-refractivity contribution in [1.29, 1.82) is 0 Å². The summed E-state index contributed by atoms with van der Waals surface area (Å²) in [5, 5.41) is 27.2. The Bertz CT molecular complexity index is 258. The summed E-state index contributed by atoms with van der Waals surface area (Å²) in [5.74, 6) is 0. The molecule has 98 valence electrons. The minimum Gasteiger partial charge on any atom is -0.790 e. The summed E-state index contributed by atoms with van der Waals surface area (Å²) in [5.41, 5.74) is 0. The van der Waals surface area contributed by atoms with E-state index in [-0.39, 0.29) is 54.4 Å².